The molecule has 1 rings (SSSR count). The number of hydrogen-bond donors (Lipinski definition) is 1. The van der Waals surface area contributed by atoms with Crippen LogP contribution in [0.25, 0.3) is 0 Å². The lowest BCUT2D eigenvalue weighted by molar-refractivity contribution is 0.468. The Bertz CT molecular complexity index is 413. The van der Waals surface area contributed by atoms with Gasteiger partial charge in [0.2, 0.25) is 0 Å². The van der Waals surface area contributed by atoms with Crippen LogP contribution in [-0.2, 0) is 6.54 Å². The molecule has 1 aromatic carbocycles. The van der Waals surface area contributed by atoms with Gasteiger partial charge in [0.05, 0.1) is 0 Å². The van der Waals surface area contributed by atoms with E-state index in [0.717, 1.165) is 17.7 Å². The van der Waals surface area contributed by atoms with Crippen molar-refractivity contribution in [1.82, 2.24) is 5.32 Å². The molecule has 0 saturated heterocycles. The third-order valence-electron chi connectivity index (χ3n) is 3.88. The molecule has 0 saturated carbocycles. The van der Waals surface area contributed by atoms with Crippen LogP contribution < -0.4 is 10.2 Å². The van der Waals surface area contributed by atoms with Gasteiger partial charge in [-0.05, 0) is 44.0 Å². The van der Waals surface area contributed by atoms with Gasteiger partial charge in [0.1, 0.15) is 5.82 Å². The van der Waals surface area contributed by atoms with E-state index >= 15 is 0 Å². The Hall–Kier alpha value is -1.09. The lowest BCUT2D eigenvalue weighted by Crippen LogP contribution is -2.41. The molecule has 3 heteroatoms. The van der Waals surface area contributed by atoms with Gasteiger partial charge in [0.25, 0.3) is 0 Å². The number of nitrogens with one attached hydrogen (secondary N) is 1. The van der Waals surface area contributed by atoms with Gasteiger partial charge in [-0.25, -0.2) is 4.39 Å². The third kappa shape index (κ3) is 4.20. The molecule has 0 aromatic heterocycles. The van der Waals surface area contributed by atoms with Crippen molar-refractivity contribution in [2.45, 2.75) is 59.2 Å². The topological polar surface area (TPSA) is 15.3 Å². The van der Waals surface area contributed by atoms with Crippen molar-refractivity contribution in [2.75, 3.05) is 11.9 Å². The van der Waals surface area contributed by atoms with Crippen LogP contribution in [0.1, 0.15) is 46.6 Å². The van der Waals surface area contributed by atoms with Crippen LogP contribution in [0, 0.1) is 5.82 Å². The fraction of sp³-hybridized carbons (Fsp3) is 0.625. The quantitative estimate of drug-likeness (QED) is 0.838. The van der Waals surface area contributed by atoms with E-state index in [0.29, 0.717) is 12.6 Å². The summed E-state index contributed by atoms with van der Waals surface area (Å²) in [6, 6.07) is 5.44. The first-order valence-corrected chi connectivity index (χ1v) is 7.03. The molecule has 0 unspecified atom stereocenters. The molecule has 0 fully saturated rings. The maximum atomic E-state index is 13.5. The van der Waals surface area contributed by atoms with Crippen molar-refractivity contribution >= 4 is 5.69 Å². The molecule has 0 aliphatic heterocycles. The van der Waals surface area contributed by atoms with Crippen LogP contribution in [0.4, 0.5) is 10.1 Å². The zero-order valence-electron chi connectivity index (χ0n) is 13.0. The maximum Gasteiger partial charge on any atom is 0.123 e. The van der Waals surface area contributed by atoms with E-state index in [1.807, 2.05) is 6.07 Å². The lowest BCUT2D eigenvalue weighted by atomic mass is 9.98. The highest BCUT2D eigenvalue weighted by atomic mass is 19.1. The highest BCUT2D eigenvalue weighted by molar-refractivity contribution is 5.55. The second kappa shape index (κ2) is 6.38. The van der Waals surface area contributed by atoms with E-state index in [1.54, 1.807) is 6.07 Å². The molecular formula is C16H27FN2. The average Bonchev–Trinajstić information content (AvgIpc) is 2.35. The predicted octanol–water partition coefficient (Wildman–Crippen LogP) is 3.95. The number of nitrogens with zero attached hydrogens (tertiary/aromatic N) is 1. The Labute approximate surface area is 117 Å². The Morgan fingerprint density at radius 1 is 1.32 bits per heavy atom. The van der Waals surface area contributed by atoms with Crippen LogP contribution in [0.5, 0.6) is 0 Å². The number of anilines is 1. The largest absolute Gasteiger partial charge is 0.369 e. The van der Waals surface area contributed by atoms with E-state index in [2.05, 4.69) is 51.9 Å². The normalized spacial score (nSPS) is 12.0. The molecule has 0 amide bonds. The van der Waals surface area contributed by atoms with Crippen LogP contribution in [0.3, 0.4) is 0 Å². The first kappa shape index (κ1) is 16.0. The van der Waals surface area contributed by atoms with Gasteiger partial charge in [-0.2, -0.15) is 0 Å². The van der Waals surface area contributed by atoms with Crippen molar-refractivity contribution in [3.05, 3.63) is 29.6 Å². The summed E-state index contributed by atoms with van der Waals surface area (Å²) in [4.78, 5) is 2.24. The van der Waals surface area contributed by atoms with Gasteiger partial charge < -0.3 is 10.2 Å². The van der Waals surface area contributed by atoms with Crippen LogP contribution in [0.2, 0.25) is 0 Å². The monoisotopic (exact) mass is 266 g/mol. The number of hydrogen-bond acceptors (Lipinski definition) is 2. The van der Waals surface area contributed by atoms with E-state index in [9.17, 15) is 4.39 Å². The van der Waals surface area contributed by atoms with Gasteiger partial charge in [-0.3, -0.25) is 0 Å². The highest BCUT2D eigenvalue weighted by Gasteiger charge is 2.23. The maximum absolute atomic E-state index is 13.5. The molecule has 0 aliphatic rings. The van der Waals surface area contributed by atoms with E-state index < -0.39 is 0 Å². The molecule has 108 valence electrons. The van der Waals surface area contributed by atoms with Gasteiger partial charge in [-0.1, -0.05) is 20.8 Å². The third-order valence-corrected chi connectivity index (χ3v) is 3.88. The summed E-state index contributed by atoms with van der Waals surface area (Å²) in [5, 5.41) is 3.36. The van der Waals surface area contributed by atoms with Crippen LogP contribution in [-0.4, -0.2) is 18.6 Å². The molecule has 0 atom stereocenters. The van der Waals surface area contributed by atoms with Crippen molar-refractivity contribution in [1.29, 1.82) is 0 Å². The molecule has 0 spiro atoms. The molecule has 0 aliphatic carbocycles. The average molecular weight is 266 g/mol. The Balaban J connectivity index is 3.05. The highest BCUT2D eigenvalue weighted by Crippen LogP contribution is 2.28. The fourth-order valence-corrected chi connectivity index (χ4v) is 1.90. The molecular weight excluding hydrogens is 239 g/mol. The molecule has 2 nitrogen and oxygen atoms in total. The Morgan fingerprint density at radius 2 is 1.95 bits per heavy atom. The predicted molar refractivity (Wildman–Crippen MR) is 81.1 cm³/mol. The zero-order valence-corrected chi connectivity index (χ0v) is 13.0. The van der Waals surface area contributed by atoms with Crippen molar-refractivity contribution in [2.24, 2.45) is 0 Å². The number of rotatable bonds is 6. The summed E-state index contributed by atoms with van der Waals surface area (Å²) in [7, 11) is 2.08. The summed E-state index contributed by atoms with van der Waals surface area (Å²) < 4.78 is 13.5. The van der Waals surface area contributed by atoms with Gasteiger partial charge in [-0.15, -0.1) is 0 Å². The minimum atomic E-state index is -0.174. The minimum Gasteiger partial charge on any atom is -0.369 e. The van der Waals surface area contributed by atoms with Gasteiger partial charge >= 0.3 is 0 Å². The van der Waals surface area contributed by atoms with E-state index in [4.69, 9.17) is 0 Å². The van der Waals surface area contributed by atoms with Crippen molar-refractivity contribution in [3.8, 4) is 0 Å². The second-order valence-electron chi connectivity index (χ2n) is 6.03. The summed E-state index contributed by atoms with van der Waals surface area (Å²) in [6.45, 7) is 11.5. The van der Waals surface area contributed by atoms with Gasteiger partial charge in [0.15, 0.2) is 0 Å². The standard InChI is InChI=1S/C16H27FN2/c1-7-16(4,5)19(6)15-9-8-14(17)10-13(15)11-18-12(2)3/h8-10,12,18H,7,11H2,1-6H3. The smallest absolute Gasteiger partial charge is 0.123 e. The van der Waals surface area contributed by atoms with E-state index in [-0.39, 0.29) is 11.4 Å². The lowest BCUT2D eigenvalue weighted by Gasteiger charge is -2.38. The zero-order chi connectivity index (χ0) is 14.6. The Kier molecular flexibility index (Phi) is 5.36. The van der Waals surface area contributed by atoms with Crippen LogP contribution >= 0.6 is 0 Å². The number of benzene rings is 1. The molecule has 0 bridgehead atoms. The SMILES string of the molecule is CCC(C)(C)N(C)c1ccc(F)cc1CNC(C)C. The first-order chi connectivity index (χ1) is 8.77. The molecule has 0 radical (unpaired) electrons. The molecule has 1 N–H and O–H groups in total. The van der Waals surface area contributed by atoms with Crippen molar-refractivity contribution < 1.29 is 4.39 Å². The molecule has 19 heavy (non-hydrogen) atoms. The molecule has 1 aromatic rings. The van der Waals surface area contributed by atoms with Gasteiger partial charge in [0, 0.05) is 30.9 Å². The molecule has 0 heterocycles. The summed E-state index contributed by atoms with van der Waals surface area (Å²) in [5.74, 6) is -0.174. The fourth-order valence-electron chi connectivity index (χ4n) is 1.90. The summed E-state index contributed by atoms with van der Waals surface area (Å²) in [6.07, 6.45) is 1.04. The van der Waals surface area contributed by atoms with Crippen LogP contribution in [0.15, 0.2) is 18.2 Å². The van der Waals surface area contributed by atoms with Crippen molar-refractivity contribution in [3.63, 3.8) is 0 Å². The summed E-state index contributed by atoms with van der Waals surface area (Å²) in [5.41, 5.74) is 2.17. The number of halogens is 1. The Morgan fingerprint density at radius 3 is 2.47 bits per heavy atom. The second-order valence-corrected chi connectivity index (χ2v) is 6.03. The first-order valence-electron chi connectivity index (χ1n) is 7.03. The summed E-state index contributed by atoms with van der Waals surface area (Å²) >= 11 is 0. The van der Waals surface area contributed by atoms with E-state index in [1.165, 1.54) is 6.07 Å². The minimum absolute atomic E-state index is 0.0599.